The highest BCUT2D eigenvalue weighted by Gasteiger charge is 2.20. The van der Waals surface area contributed by atoms with Crippen LogP contribution in [0, 0.1) is 0 Å². The van der Waals surface area contributed by atoms with Crippen molar-refractivity contribution in [3.63, 3.8) is 0 Å². The average molecular weight is 311 g/mol. The molecule has 118 valence electrons. The molecule has 1 atom stereocenters. The van der Waals surface area contributed by atoms with E-state index in [1.165, 1.54) is 18.7 Å². The standard InChI is InChI=1S/C16H17N5O2/c22-15(14-7-9-18-23-14)20-16-19-12-5-1-2-6-13(12)21(16)10-11-4-3-8-17-11/h1-2,5-7,9,11,17H,3-4,8,10H2,(H,19,20,22)/t11-/m1/s1. The highest BCUT2D eigenvalue weighted by atomic mass is 16.5. The van der Waals surface area contributed by atoms with Crippen LogP contribution in [0.25, 0.3) is 11.0 Å². The topological polar surface area (TPSA) is 85.0 Å². The number of hydrogen-bond acceptors (Lipinski definition) is 5. The van der Waals surface area contributed by atoms with Gasteiger partial charge in [0.15, 0.2) is 0 Å². The third-order valence-corrected chi connectivity index (χ3v) is 4.11. The van der Waals surface area contributed by atoms with Crippen molar-refractivity contribution in [2.75, 3.05) is 11.9 Å². The van der Waals surface area contributed by atoms with Gasteiger partial charge in [0.1, 0.15) is 0 Å². The van der Waals surface area contributed by atoms with Crippen LogP contribution in [-0.2, 0) is 6.54 Å². The molecule has 4 rings (SSSR count). The zero-order chi connectivity index (χ0) is 15.6. The Morgan fingerprint density at radius 1 is 1.39 bits per heavy atom. The quantitative estimate of drug-likeness (QED) is 0.770. The molecule has 1 saturated heterocycles. The number of aromatic nitrogens is 3. The van der Waals surface area contributed by atoms with Crippen molar-refractivity contribution in [2.45, 2.75) is 25.4 Å². The molecule has 0 saturated carbocycles. The van der Waals surface area contributed by atoms with Crippen LogP contribution in [0.1, 0.15) is 23.4 Å². The molecule has 1 aliphatic rings. The number of nitrogens with zero attached hydrogens (tertiary/aromatic N) is 3. The first-order valence-electron chi connectivity index (χ1n) is 7.72. The highest BCUT2D eigenvalue weighted by molar-refractivity contribution is 6.02. The number of imidazole rings is 1. The minimum Gasteiger partial charge on any atom is -0.351 e. The minimum atomic E-state index is -0.349. The van der Waals surface area contributed by atoms with Crippen molar-refractivity contribution in [2.24, 2.45) is 0 Å². The van der Waals surface area contributed by atoms with Crippen LogP contribution in [0.2, 0.25) is 0 Å². The number of fused-ring (bicyclic) bond motifs is 1. The molecule has 0 radical (unpaired) electrons. The number of hydrogen-bond donors (Lipinski definition) is 2. The van der Waals surface area contributed by atoms with Gasteiger partial charge in [0.25, 0.3) is 5.91 Å². The van der Waals surface area contributed by atoms with Gasteiger partial charge in [0, 0.05) is 18.7 Å². The molecular formula is C16H17N5O2. The smallest absolute Gasteiger partial charge is 0.296 e. The van der Waals surface area contributed by atoms with E-state index in [1.807, 2.05) is 28.8 Å². The number of benzene rings is 1. The van der Waals surface area contributed by atoms with Crippen molar-refractivity contribution in [3.8, 4) is 0 Å². The van der Waals surface area contributed by atoms with Crippen molar-refractivity contribution < 1.29 is 9.32 Å². The molecule has 1 fully saturated rings. The number of para-hydroxylation sites is 2. The second kappa shape index (κ2) is 5.85. The zero-order valence-electron chi connectivity index (χ0n) is 12.5. The summed E-state index contributed by atoms with van der Waals surface area (Å²) in [5.41, 5.74) is 1.87. The number of rotatable bonds is 4. The normalized spacial score (nSPS) is 17.7. The molecule has 3 aromatic rings. The van der Waals surface area contributed by atoms with Crippen LogP contribution in [-0.4, -0.2) is 33.2 Å². The first-order chi connectivity index (χ1) is 11.3. The summed E-state index contributed by atoms with van der Waals surface area (Å²) in [6.45, 7) is 1.81. The number of amides is 1. The first-order valence-corrected chi connectivity index (χ1v) is 7.72. The summed E-state index contributed by atoms with van der Waals surface area (Å²) in [7, 11) is 0. The van der Waals surface area contributed by atoms with Gasteiger partial charge in [-0.25, -0.2) is 4.98 Å². The number of carbonyl (C=O) groups is 1. The molecule has 0 bridgehead atoms. The predicted octanol–water partition coefficient (Wildman–Crippen LogP) is 2.03. The van der Waals surface area contributed by atoms with Gasteiger partial charge in [-0.2, -0.15) is 0 Å². The molecule has 0 unspecified atom stereocenters. The summed E-state index contributed by atoms with van der Waals surface area (Å²) < 4.78 is 6.95. The molecule has 0 aliphatic carbocycles. The lowest BCUT2D eigenvalue weighted by molar-refractivity contribution is 0.0986. The Balaban J connectivity index is 1.68. The Kier molecular flexibility index (Phi) is 3.55. The van der Waals surface area contributed by atoms with Crippen molar-refractivity contribution in [1.29, 1.82) is 0 Å². The van der Waals surface area contributed by atoms with Gasteiger partial charge in [-0.3, -0.25) is 10.1 Å². The van der Waals surface area contributed by atoms with Gasteiger partial charge in [0.05, 0.1) is 17.2 Å². The van der Waals surface area contributed by atoms with Gasteiger partial charge in [-0.15, -0.1) is 0 Å². The molecule has 2 aromatic heterocycles. The van der Waals surface area contributed by atoms with Crippen LogP contribution in [0.5, 0.6) is 0 Å². The molecular weight excluding hydrogens is 294 g/mol. The van der Waals surface area contributed by atoms with Gasteiger partial charge in [0.2, 0.25) is 11.7 Å². The van der Waals surface area contributed by atoms with Crippen molar-refractivity contribution in [1.82, 2.24) is 20.0 Å². The molecule has 1 amide bonds. The number of carbonyl (C=O) groups excluding carboxylic acids is 1. The van der Waals surface area contributed by atoms with Crippen LogP contribution < -0.4 is 10.6 Å². The second-order valence-corrected chi connectivity index (χ2v) is 5.66. The Bertz CT molecular complexity index is 818. The van der Waals surface area contributed by atoms with Gasteiger partial charge in [-0.05, 0) is 31.5 Å². The van der Waals surface area contributed by atoms with Crippen LogP contribution >= 0.6 is 0 Å². The number of anilines is 1. The lowest BCUT2D eigenvalue weighted by Crippen LogP contribution is -2.28. The summed E-state index contributed by atoms with van der Waals surface area (Å²) >= 11 is 0. The largest absolute Gasteiger partial charge is 0.351 e. The van der Waals surface area contributed by atoms with Gasteiger partial charge in [-0.1, -0.05) is 17.3 Å². The Morgan fingerprint density at radius 2 is 2.30 bits per heavy atom. The van der Waals surface area contributed by atoms with E-state index in [2.05, 4.69) is 20.8 Å². The fourth-order valence-electron chi connectivity index (χ4n) is 2.98. The van der Waals surface area contributed by atoms with Crippen LogP contribution in [0.4, 0.5) is 5.95 Å². The molecule has 3 heterocycles. The second-order valence-electron chi connectivity index (χ2n) is 5.66. The minimum absolute atomic E-state index is 0.169. The fraction of sp³-hybridized carbons (Fsp3) is 0.312. The van der Waals surface area contributed by atoms with E-state index in [0.717, 1.165) is 30.5 Å². The van der Waals surface area contributed by atoms with E-state index >= 15 is 0 Å². The monoisotopic (exact) mass is 311 g/mol. The third kappa shape index (κ3) is 2.70. The maximum atomic E-state index is 12.2. The van der Waals surface area contributed by atoms with E-state index in [1.54, 1.807) is 0 Å². The summed E-state index contributed by atoms with van der Waals surface area (Å²) in [5.74, 6) is 0.349. The SMILES string of the molecule is O=C(Nc1nc2ccccc2n1C[C@H]1CCCN1)c1ccno1. The molecule has 1 aliphatic heterocycles. The average Bonchev–Trinajstić information content (AvgIpc) is 3.29. The predicted molar refractivity (Wildman–Crippen MR) is 85.2 cm³/mol. The maximum absolute atomic E-state index is 12.2. The Labute approximate surface area is 132 Å². The van der Waals surface area contributed by atoms with E-state index in [-0.39, 0.29) is 11.7 Å². The summed E-state index contributed by atoms with van der Waals surface area (Å²) in [4.78, 5) is 16.8. The van der Waals surface area contributed by atoms with Crippen LogP contribution in [0.15, 0.2) is 41.1 Å². The molecule has 2 N–H and O–H groups in total. The van der Waals surface area contributed by atoms with Crippen LogP contribution in [0.3, 0.4) is 0 Å². The third-order valence-electron chi connectivity index (χ3n) is 4.11. The van der Waals surface area contributed by atoms with Gasteiger partial charge < -0.3 is 14.4 Å². The highest BCUT2D eigenvalue weighted by Crippen LogP contribution is 2.22. The summed E-state index contributed by atoms with van der Waals surface area (Å²) in [6.07, 6.45) is 3.75. The van der Waals surface area contributed by atoms with Gasteiger partial charge >= 0.3 is 0 Å². The fourth-order valence-corrected chi connectivity index (χ4v) is 2.98. The van der Waals surface area contributed by atoms with Crippen molar-refractivity contribution in [3.05, 3.63) is 42.3 Å². The lowest BCUT2D eigenvalue weighted by Gasteiger charge is -2.14. The zero-order valence-corrected chi connectivity index (χ0v) is 12.5. The molecule has 1 aromatic carbocycles. The molecule has 7 heteroatoms. The lowest BCUT2D eigenvalue weighted by atomic mass is 10.2. The van der Waals surface area contributed by atoms with E-state index < -0.39 is 0 Å². The molecule has 7 nitrogen and oxygen atoms in total. The van der Waals surface area contributed by atoms with E-state index in [4.69, 9.17) is 4.52 Å². The van der Waals surface area contributed by atoms with E-state index in [0.29, 0.717) is 12.0 Å². The van der Waals surface area contributed by atoms with Crippen molar-refractivity contribution >= 4 is 22.9 Å². The van der Waals surface area contributed by atoms with E-state index in [9.17, 15) is 4.79 Å². The molecule has 0 spiro atoms. The Hall–Kier alpha value is -2.67. The molecule has 23 heavy (non-hydrogen) atoms. The first kappa shape index (κ1) is 14.0. The summed E-state index contributed by atoms with van der Waals surface area (Å²) in [5, 5.41) is 9.87. The maximum Gasteiger partial charge on any atom is 0.296 e. The summed E-state index contributed by atoms with van der Waals surface area (Å²) in [6, 6.07) is 9.80. The number of nitrogens with one attached hydrogen (secondary N) is 2. The Morgan fingerprint density at radius 3 is 3.09 bits per heavy atom.